The molecule has 0 spiro atoms. The number of carbonyl (C=O) groups is 1. The predicted molar refractivity (Wildman–Crippen MR) is 121 cm³/mol. The Balaban J connectivity index is 1.43. The number of nitrogens with zero attached hydrogens (tertiary/aromatic N) is 5. The Morgan fingerprint density at radius 2 is 2.00 bits per heavy atom. The molecule has 10 nitrogen and oxygen atoms in total. The largest absolute Gasteiger partial charge is 0.424 e. The van der Waals surface area contributed by atoms with Crippen molar-refractivity contribution in [3.8, 4) is 0 Å². The fraction of sp³-hybridized carbons (Fsp3) is 0.545. The number of aryl methyl sites for hydroxylation is 1. The zero-order chi connectivity index (χ0) is 25.0. The van der Waals surface area contributed by atoms with Crippen molar-refractivity contribution in [2.24, 2.45) is 0 Å². The first-order chi connectivity index (χ1) is 16.7. The van der Waals surface area contributed by atoms with Crippen LogP contribution in [0.25, 0.3) is 0 Å². The second kappa shape index (κ2) is 10.5. The summed E-state index contributed by atoms with van der Waals surface area (Å²) >= 11 is 0. The van der Waals surface area contributed by atoms with Gasteiger partial charge in [0.15, 0.2) is 5.89 Å². The van der Waals surface area contributed by atoms with E-state index in [1.807, 2.05) is 0 Å². The lowest BCUT2D eigenvalue weighted by Crippen LogP contribution is -2.34. The highest BCUT2D eigenvalue weighted by atomic mass is 19.4. The number of alkyl halides is 3. The zero-order valence-electron chi connectivity index (χ0n) is 19.6. The van der Waals surface area contributed by atoms with E-state index < -0.39 is 17.8 Å². The number of halogens is 3. The van der Waals surface area contributed by atoms with E-state index in [9.17, 15) is 18.0 Å². The van der Waals surface area contributed by atoms with E-state index >= 15 is 0 Å². The van der Waals surface area contributed by atoms with Gasteiger partial charge in [-0.2, -0.15) is 18.2 Å². The van der Waals surface area contributed by atoms with Crippen LogP contribution in [-0.4, -0.2) is 70.6 Å². The molecule has 1 amide bonds. The lowest BCUT2D eigenvalue weighted by molar-refractivity contribution is -0.137. The molecule has 4 heterocycles. The van der Waals surface area contributed by atoms with Crippen molar-refractivity contribution in [3.05, 3.63) is 35.7 Å². The number of nitrogens with one attached hydrogen (secondary N) is 2. The van der Waals surface area contributed by atoms with Crippen LogP contribution in [0.1, 0.15) is 42.3 Å². The molecule has 190 valence electrons. The molecule has 2 aromatic rings. The maximum absolute atomic E-state index is 13.5. The normalized spacial score (nSPS) is 17.5. The average molecular weight is 496 g/mol. The van der Waals surface area contributed by atoms with Crippen LogP contribution in [0.5, 0.6) is 0 Å². The van der Waals surface area contributed by atoms with Crippen molar-refractivity contribution in [2.45, 2.75) is 38.3 Å². The summed E-state index contributed by atoms with van der Waals surface area (Å²) in [5, 5.41) is 5.58. The van der Waals surface area contributed by atoms with Gasteiger partial charge in [0.05, 0.1) is 6.26 Å². The molecule has 0 atom stereocenters. The van der Waals surface area contributed by atoms with Gasteiger partial charge in [-0.3, -0.25) is 5.32 Å². The second-order valence-corrected chi connectivity index (χ2v) is 8.60. The average Bonchev–Trinajstić information content (AvgIpc) is 3.17. The number of amides is 1. The van der Waals surface area contributed by atoms with Gasteiger partial charge in [-0.15, -0.1) is 0 Å². The van der Waals surface area contributed by atoms with Gasteiger partial charge in [-0.05, 0) is 52.4 Å². The molecule has 2 aromatic heterocycles. The van der Waals surface area contributed by atoms with Gasteiger partial charge in [0, 0.05) is 31.7 Å². The molecule has 1 fully saturated rings. The summed E-state index contributed by atoms with van der Waals surface area (Å²) in [7, 11) is 2.07. The number of piperidine rings is 1. The summed E-state index contributed by atoms with van der Waals surface area (Å²) < 4.78 is 51.2. The molecule has 2 aliphatic heterocycles. The Morgan fingerprint density at radius 3 is 2.71 bits per heavy atom. The highest BCUT2D eigenvalue weighted by Crippen LogP contribution is 2.35. The SMILES string of the molecule is Cc1nc(C2CCN(C)CC2)oc1Nc1ncc(C(F)(F)F)c(NCCCN2CC=COC2=O)n1. The molecule has 0 unspecified atom stereocenters. The van der Waals surface area contributed by atoms with Crippen molar-refractivity contribution in [1.82, 2.24) is 24.8 Å². The van der Waals surface area contributed by atoms with Crippen LogP contribution < -0.4 is 10.6 Å². The molecular weight excluding hydrogens is 467 g/mol. The van der Waals surface area contributed by atoms with Gasteiger partial charge in [-0.25, -0.2) is 14.8 Å². The molecule has 0 saturated carbocycles. The highest BCUT2D eigenvalue weighted by molar-refractivity contribution is 5.69. The third-order valence-corrected chi connectivity index (χ3v) is 5.95. The molecule has 2 N–H and O–H groups in total. The van der Waals surface area contributed by atoms with Gasteiger partial charge in [-0.1, -0.05) is 0 Å². The van der Waals surface area contributed by atoms with Gasteiger partial charge in [0.2, 0.25) is 11.8 Å². The van der Waals surface area contributed by atoms with Gasteiger partial charge in [0.1, 0.15) is 17.1 Å². The molecule has 0 radical (unpaired) electrons. The van der Waals surface area contributed by atoms with Gasteiger partial charge < -0.3 is 24.3 Å². The highest BCUT2D eigenvalue weighted by Gasteiger charge is 2.35. The van der Waals surface area contributed by atoms with Crippen molar-refractivity contribution in [2.75, 3.05) is 50.4 Å². The first-order valence-corrected chi connectivity index (χ1v) is 11.4. The monoisotopic (exact) mass is 495 g/mol. The third kappa shape index (κ3) is 6.21. The van der Waals surface area contributed by atoms with Crippen LogP contribution in [0.15, 0.2) is 23.0 Å². The minimum atomic E-state index is -4.63. The first-order valence-electron chi connectivity index (χ1n) is 11.4. The molecule has 2 aliphatic rings. The van der Waals surface area contributed by atoms with Crippen LogP contribution in [0.3, 0.4) is 0 Å². The van der Waals surface area contributed by atoms with Crippen LogP contribution >= 0.6 is 0 Å². The number of anilines is 3. The molecule has 1 saturated heterocycles. The molecule has 13 heteroatoms. The maximum Gasteiger partial charge on any atom is 0.421 e. The smallest absolute Gasteiger partial charge is 0.421 e. The van der Waals surface area contributed by atoms with Crippen molar-refractivity contribution in [1.29, 1.82) is 0 Å². The van der Waals surface area contributed by atoms with E-state index in [0.29, 0.717) is 37.0 Å². The topological polar surface area (TPSA) is 109 Å². The van der Waals surface area contributed by atoms with Crippen LogP contribution in [0.4, 0.5) is 35.6 Å². The number of carbonyl (C=O) groups excluding carboxylic acids is 1. The Bertz CT molecular complexity index is 1070. The summed E-state index contributed by atoms with van der Waals surface area (Å²) in [5.41, 5.74) is -0.399. The predicted octanol–water partition coefficient (Wildman–Crippen LogP) is 4.11. The summed E-state index contributed by atoms with van der Waals surface area (Å²) in [6.07, 6.45) is 0.850. The maximum atomic E-state index is 13.5. The number of likely N-dealkylation sites (tertiary alicyclic amines) is 1. The van der Waals surface area contributed by atoms with Crippen molar-refractivity contribution in [3.63, 3.8) is 0 Å². The van der Waals surface area contributed by atoms with Crippen LogP contribution in [0, 0.1) is 6.92 Å². The van der Waals surface area contributed by atoms with E-state index in [0.717, 1.165) is 32.1 Å². The Labute approximate surface area is 200 Å². The summed E-state index contributed by atoms with van der Waals surface area (Å²) in [6.45, 7) is 4.53. The number of rotatable bonds is 8. The Hall–Kier alpha value is -3.35. The standard InChI is InChI=1S/C22H28F3N7O3/c1-14-18(35-19(28-14)15-5-10-31(2)11-6-15)30-20-27-13-16(22(23,24)25)17(29-20)26-7-3-8-32-9-4-12-34-21(32)33/h4,12-13,15H,3,5-11H2,1-2H3,(H2,26,27,29,30). The number of aromatic nitrogens is 3. The molecule has 0 aromatic carbocycles. The molecule has 35 heavy (non-hydrogen) atoms. The number of cyclic esters (lactones) is 1. The van der Waals surface area contributed by atoms with E-state index in [-0.39, 0.29) is 24.2 Å². The summed E-state index contributed by atoms with van der Waals surface area (Å²) in [4.78, 5) is 27.7. The van der Waals surface area contributed by atoms with Crippen LogP contribution in [0.2, 0.25) is 0 Å². The Kier molecular flexibility index (Phi) is 7.43. The second-order valence-electron chi connectivity index (χ2n) is 8.60. The number of ether oxygens (including phenoxy) is 1. The quantitative estimate of drug-likeness (QED) is 0.523. The third-order valence-electron chi connectivity index (χ3n) is 5.95. The molecule has 0 aliphatic carbocycles. The summed E-state index contributed by atoms with van der Waals surface area (Å²) in [5.74, 6) is 0.706. The number of hydrogen-bond donors (Lipinski definition) is 2. The number of hydrogen-bond acceptors (Lipinski definition) is 9. The van der Waals surface area contributed by atoms with Gasteiger partial charge >= 0.3 is 12.3 Å². The Morgan fingerprint density at radius 1 is 1.23 bits per heavy atom. The molecule has 4 rings (SSSR count). The number of oxazole rings is 1. The van der Waals surface area contributed by atoms with E-state index in [1.54, 1.807) is 13.0 Å². The van der Waals surface area contributed by atoms with Crippen molar-refractivity contribution < 1.29 is 27.1 Å². The fourth-order valence-corrected chi connectivity index (χ4v) is 3.93. The zero-order valence-corrected chi connectivity index (χ0v) is 19.6. The van der Waals surface area contributed by atoms with E-state index in [4.69, 9.17) is 9.15 Å². The first kappa shape index (κ1) is 24.8. The minimum Gasteiger partial charge on any atom is -0.424 e. The van der Waals surface area contributed by atoms with Crippen LogP contribution in [-0.2, 0) is 10.9 Å². The fourth-order valence-electron chi connectivity index (χ4n) is 3.93. The lowest BCUT2D eigenvalue weighted by Gasteiger charge is -2.26. The lowest BCUT2D eigenvalue weighted by atomic mass is 9.97. The van der Waals surface area contributed by atoms with Crippen molar-refractivity contribution >= 4 is 23.7 Å². The minimum absolute atomic E-state index is 0.0422. The molecule has 0 bridgehead atoms. The molecular formula is C22H28F3N7O3. The van der Waals surface area contributed by atoms with E-state index in [1.165, 1.54) is 11.2 Å². The van der Waals surface area contributed by atoms with E-state index in [2.05, 4.69) is 37.5 Å². The summed E-state index contributed by atoms with van der Waals surface area (Å²) in [6, 6.07) is 0. The van der Waals surface area contributed by atoms with Gasteiger partial charge in [0.25, 0.3) is 0 Å².